The van der Waals surface area contributed by atoms with E-state index >= 15 is 0 Å². The number of carbonyl (C=O) groups excluding carboxylic acids is 3. The monoisotopic (exact) mass is 358 g/mol. The van der Waals surface area contributed by atoms with Crippen molar-refractivity contribution in [3.8, 4) is 0 Å². The number of fused-ring (bicyclic) bond motifs is 1. The molecule has 2 heterocycles. The van der Waals surface area contributed by atoms with Gasteiger partial charge in [0.2, 0.25) is 5.91 Å². The summed E-state index contributed by atoms with van der Waals surface area (Å²) in [4.78, 5) is 38.5. The predicted octanol–water partition coefficient (Wildman–Crippen LogP) is 1.75. The molecule has 0 aromatic rings. The Bertz CT molecular complexity index is 519. The molecule has 7 nitrogen and oxygen atoms in total. The molecule has 2 saturated heterocycles. The molecular formula is C16H26N2O5S. The molecule has 0 bridgehead atoms. The van der Waals surface area contributed by atoms with Gasteiger partial charge in [-0.3, -0.25) is 4.79 Å². The average molecular weight is 358 g/mol. The van der Waals surface area contributed by atoms with Crippen LogP contribution in [-0.2, 0) is 19.1 Å². The molecule has 2 fully saturated rings. The van der Waals surface area contributed by atoms with Crippen molar-refractivity contribution in [2.75, 3.05) is 12.9 Å². The van der Waals surface area contributed by atoms with Crippen molar-refractivity contribution in [1.29, 1.82) is 0 Å². The van der Waals surface area contributed by atoms with Crippen LogP contribution in [0.3, 0.4) is 0 Å². The first-order valence-corrected chi connectivity index (χ1v) is 9.25. The van der Waals surface area contributed by atoms with Crippen LogP contribution >= 0.6 is 11.8 Å². The third-order valence-corrected chi connectivity index (χ3v) is 5.54. The maximum absolute atomic E-state index is 12.8. The van der Waals surface area contributed by atoms with Gasteiger partial charge in [-0.1, -0.05) is 13.3 Å². The molecule has 0 unspecified atom stereocenters. The minimum absolute atomic E-state index is 0.0466. The van der Waals surface area contributed by atoms with E-state index < -0.39 is 29.7 Å². The Labute approximate surface area is 146 Å². The molecule has 136 valence electrons. The first kappa shape index (κ1) is 18.9. The highest BCUT2D eigenvalue weighted by Crippen LogP contribution is 2.43. The van der Waals surface area contributed by atoms with Crippen molar-refractivity contribution in [3.05, 3.63) is 0 Å². The molecule has 2 rings (SSSR count). The van der Waals surface area contributed by atoms with Gasteiger partial charge >= 0.3 is 12.1 Å². The first-order valence-electron chi connectivity index (χ1n) is 8.20. The number of alkyl carbamates (subject to hydrolysis) is 1. The minimum atomic E-state index is -0.662. The molecule has 2 aliphatic heterocycles. The Morgan fingerprint density at radius 3 is 2.58 bits per heavy atom. The van der Waals surface area contributed by atoms with Crippen LogP contribution in [0.5, 0.6) is 0 Å². The lowest BCUT2D eigenvalue weighted by Crippen LogP contribution is -2.49. The summed E-state index contributed by atoms with van der Waals surface area (Å²) in [7, 11) is 1.32. The summed E-state index contributed by atoms with van der Waals surface area (Å²) >= 11 is 1.57. The number of ether oxygens (including phenoxy) is 2. The number of esters is 1. The van der Waals surface area contributed by atoms with Crippen molar-refractivity contribution in [2.24, 2.45) is 5.92 Å². The van der Waals surface area contributed by atoms with E-state index in [1.807, 2.05) is 6.92 Å². The summed E-state index contributed by atoms with van der Waals surface area (Å²) in [6.45, 7) is 7.35. The fourth-order valence-corrected chi connectivity index (χ4v) is 4.84. The van der Waals surface area contributed by atoms with E-state index in [9.17, 15) is 14.4 Å². The topological polar surface area (TPSA) is 84.9 Å². The van der Waals surface area contributed by atoms with Crippen LogP contribution in [0.25, 0.3) is 0 Å². The molecule has 0 spiro atoms. The van der Waals surface area contributed by atoms with Gasteiger partial charge in [0, 0.05) is 11.7 Å². The van der Waals surface area contributed by atoms with Gasteiger partial charge in [0.25, 0.3) is 0 Å². The minimum Gasteiger partial charge on any atom is -0.467 e. The smallest absolute Gasteiger partial charge is 0.408 e. The second-order valence-electron chi connectivity index (χ2n) is 7.08. The number of hydrogen-bond acceptors (Lipinski definition) is 6. The molecular weight excluding hydrogens is 332 g/mol. The lowest BCUT2D eigenvalue weighted by molar-refractivity contribution is -0.150. The van der Waals surface area contributed by atoms with Crippen molar-refractivity contribution in [2.45, 2.75) is 63.6 Å². The molecule has 4 atom stereocenters. The van der Waals surface area contributed by atoms with Gasteiger partial charge in [0.15, 0.2) is 0 Å². The summed E-state index contributed by atoms with van der Waals surface area (Å²) in [6, 6.07) is -1.24. The molecule has 1 N–H and O–H groups in total. The van der Waals surface area contributed by atoms with E-state index in [1.54, 1.807) is 37.4 Å². The second-order valence-corrected chi connectivity index (χ2v) is 8.23. The van der Waals surface area contributed by atoms with Crippen molar-refractivity contribution < 1.29 is 23.9 Å². The van der Waals surface area contributed by atoms with E-state index in [0.717, 1.165) is 12.8 Å². The Kier molecular flexibility index (Phi) is 5.67. The van der Waals surface area contributed by atoms with Gasteiger partial charge < -0.3 is 19.7 Å². The van der Waals surface area contributed by atoms with Gasteiger partial charge in [0.05, 0.1) is 12.5 Å². The van der Waals surface area contributed by atoms with Gasteiger partial charge in [-0.2, -0.15) is 0 Å². The van der Waals surface area contributed by atoms with Crippen LogP contribution in [-0.4, -0.2) is 58.8 Å². The fraction of sp³-hybridized carbons (Fsp3) is 0.812. The van der Waals surface area contributed by atoms with E-state index in [4.69, 9.17) is 9.47 Å². The SMILES string of the molecule is CCC[C@H]1[C@H](NC(=O)OC(C)(C)C)C(=O)N2[C@H](C(=O)OC)CS[C@@H]12. The van der Waals surface area contributed by atoms with E-state index in [0.29, 0.717) is 5.75 Å². The lowest BCUT2D eigenvalue weighted by Gasteiger charge is -2.24. The second kappa shape index (κ2) is 7.21. The van der Waals surface area contributed by atoms with Gasteiger partial charge in [-0.15, -0.1) is 11.8 Å². The van der Waals surface area contributed by atoms with E-state index in [2.05, 4.69) is 5.32 Å². The largest absolute Gasteiger partial charge is 0.467 e. The number of rotatable bonds is 4. The molecule has 8 heteroatoms. The summed E-state index contributed by atoms with van der Waals surface area (Å²) in [5, 5.41) is 2.60. The van der Waals surface area contributed by atoms with Crippen LogP contribution in [0.4, 0.5) is 4.79 Å². The Morgan fingerprint density at radius 1 is 1.38 bits per heavy atom. The number of methoxy groups -OCH3 is 1. The third kappa shape index (κ3) is 3.79. The van der Waals surface area contributed by atoms with Gasteiger partial charge in [0.1, 0.15) is 17.7 Å². The standard InChI is InChI=1S/C16H26N2O5S/c1-6-7-9-11(17-15(21)23-16(2,3)4)12(19)18-10(14(20)22-5)8-24-13(9)18/h9-11,13H,6-8H2,1-5H3,(H,17,21)/t9-,10-,11-,13-/m0/s1. The van der Waals surface area contributed by atoms with E-state index in [1.165, 1.54) is 7.11 Å². The zero-order valence-corrected chi connectivity index (χ0v) is 15.6. The Hall–Kier alpha value is -1.44. The molecule has 24 heavy (non-hydrogen) atoms. The summed E-state index contributed by atoms with van der Waals surface area (Å²) < 4.78 is 10.1. The molecule has 2 amide bonds. The highest BCUT2D eigenvalue weighted by molar-refractivity contribution is 8.00. The highest BCUT2D eigenvalue weighted by atomic mass is 32.2. The van der Waals surface area contributed by atoms with Crippen LogP contribution in [0.2, 0.25) is 0 Å². The highest BCUT2D eigenvalue weighted by Gasteiger charge is 2.56. The molecule has 0 aromatic carbocycles. The summed E-state index contributed by atoms with van der Waals surface area (Å²) in [6.07, 6.45) is 1.06. The van der Waals surface area contributed by atoms with Crippen LogP contribution in [0.15, 0.2) is 0 Å². The normalized spacial score (nSPS) is 29.4. The van der Waals surface area contributed by atoms with Gasteiger partial charge in [-0.25, -0.2) is 9.59 Å². The quantitative estimate of drug-likeness (QED) is 0.771. The zero-order valence-electron chi connectivity index (χ0n) is 14.8. The first-order chi connectivity index (χ1) is 11.2. The summed E-state index contributed by atoms with van der Waals surface area (Å²) in [5.74, 6) is -0.159. The Balaban J connectivity index is 2.17. The van der Waals surface area contributed by atoms with Crippen molar-refractivity contribution in [3.63, 3.8) is 0 Å². The Morgan fingerprint density at radius 2 is 2.04 bits per heavy atom. The van der Waals surface area contributed by atoms with Crippen LogP contribution in [0, 0.1) is 5.92 Å². The lowest BCUT2D eigenvalue weighted by atomic mass is 9.98. The fourth-order valence-electron chi connectivity index (χ4n) is 3.21. The number of thioether (sulfide) groups is 1. The predicted molar refractivity (Wildman–Crippen MR) is 90.5 cm³/mol. The molecule has 0 radical (unpaired) electrons. The van der Waals surface area contributed by atoms with Crippen molar-refractivity contribution >= 4 is 29.7 Å². The number of carbonyl (C=O) groups is 3. The molecule has 2 aliphatic rings. The number of hydrogen-bond donors (Lipinski definition) is 1. The zero-order chi connectivity index (χ0) is 18.1. The van der Waals surface area contributed by atoms with Crippen molar-refractivity contribution in [1.82, 2.24) is 10.2 Å². The maximum atomic E-state index is 12.8. The number of nitrogens with one attached hydrogen (secondary N) is 1. The number of amides is 2. The maximum Gasteiger partial charge on any atom is 0.408 e. The van der Waals surface area contributed by atoms with Gasteiger partial charge in [-0.05, 0) is 27.2 Å². The number of nitrogens with zero attached hydrogens (tertiary/aromatic N) is 1. The molecule has 0 aromatic heterocycles. The van der Waals surface area contributed by atoms with E-state index in [-0.39, 0.29) is 17.2 Å². The molecule has 0 aliphatic carbocycles. The van der Waals surface area contributed by atoms with Crippen LogP contribution < -0.4 is 5.32 Å². The average Bonchev–Trinajstić information content (AvgIpc) is 3.00. The third-order valence-electron chi connectivity index (χ3n) is 4.12. The summed E-state index contributed by atoms with van der Waals surface area (Å²) in [5.41, 5.74) is -0.633. The molecule has 0 saturated carbocycles. The van der Waals surface area contributed by atoms with Crippen LogP contribution in [0.1, 0.15) is 40.5 Å².